The van der Waals surface area contributed by atoms with Crippen molar-refractivity contribution in [2.45, 2.75) is 0 Å². The van der Waals surface area contributed by atoms with Crippen LogP contribution < -0.4 is 12.4 Å². The van der Waals surface area contributed by atoms with E-state index in [-0.39, 0.29) is 73.9 Å². The smallest absolute Gasteiger partial charge is 0 e. The first-order chi connectivity index (χ1) is 5.74. The van der Waals surface area contributed by atoms with Crippen LogP contribution in [0.15, 0.2) is 0 Å². The van der Waals surface area contributed by atoms with Crippen molar-refractivity contribution >= 4 is 0 Å². The van der Waals surface area contributed by atoms with Crippen LogP contribution in [0.25, 0.3) is 34.4 Å². The van der Waals surface area contributed by atoms with Crippen molar-refractivity contribution in [1.29, 1.82) is 0 Å². The number of hydrogen-bond donors (Lipinski definition) is 0. The average molecular weight is 287 g/mol. The van der Waals surface area contributed by atoms with Crippen LogP contribution in [0.5, 0.6) is 0 Å². The topological polar surface area (TPSA) is 174 Å². The molecule has 0 rings (SSSR count). The molecule has 0 aromatic heterocycles. The molecule has 0 bridgehead atoms. The predicted molar refractivity (Wildman–Crippen MR) is 58.7 cm³/mol. The summed E-state index contributed by atoms with van der Waals surface area (Å²) in [6, 6.07) is 0. The summed E-state index contributed by atoms with van der Waals surface area (Å²) < 4.78 is 0. The Labute approximate surface area is 109 Å². The monoisotopic (exact) mass is 286 g/mol. The van der Waals surface area contributed by atoms with Crippen LogP contribution in [0.2, 0.25) is 0 Å². The normalized spacial score (nSPS) is 6.00. The molecule has 0 atom stereocenters. The van der Waals surface area contributed by atoms with E-state index in [2.05, 4.69) is 0 Å². The fraction of sp³-hybridized carbons (Fsp3) is 1.00. The Hall–Kier alpha value is 0.516. The summed E-state index contributed by atoms with van der Waals surface area (Å²) >= 11 is 0. The van der Waals surface area contributed by atoms with Crippen LogP contribution in [0, 0.1) is 0 Å². The van der Waals surface area contributed by atoms with Crippen molar-refractivity contribution in [1.82, 2.24) is 0 Å². The van der Waals surface area contributed by atoms with Gasteiger partial charge in [-0.1, -0.05) is 0 Å². The molecule has 8 N–H and O–H groups in total. The van der Waals surface area contributed by atoms with E-state index in [0.717, 1.165) is 0 Å². The van der Waals surface area contributed by atoms with Crippen molar-refractivity contribution in [2.75, 3.05) is 39.3 Å². The summed E-state index contributed by atoms with van der Waals surface area (Å²) in [5.41, 5.74) is 37.6. The van der Waals surface area contributed by atoms with Gasteiger partial charge in [-0.15, -0.1) is 0 Å². The van der Waals surface area contributed by atoms with Gasteiger partial charge in [-0.05, 0) is 0 Å². The first-order valence-corrected chi connectivity index (χ1v) is 3.62. The van der Waals surface area contributed by atoms with E-state index in [9.17, 15) is 0 Å². The van der Waals surface area contributed by atoms with Crippen molar-refractivity contribution in [3.8, 4) is 0 Å². The molecule has 0 aliphatic rings. The van der Waals surface area contributed by atoms with Crippen molar-refractivity contribution in [3.63, 3.8) is 0 Å². The van der Waals surface area contributed by atoms with Crippen molar-refractivity contribution in [3.05, 3.63) is 34.4 Å². The van der Waals surface area contributed by atoms with Gasteiger partial charge in [-0.25, -0.2) is 0 Å². The minimum absolute atomic E-state index is 0. The minimum Gasteiger partial charge on any atom is -1.00 e. The van der Waals surface area contributed by atoms with Crippen LogP contribution in [0.1, 0.15) is 0 Å². The summed E-state index contributed by atoms with van der Waals surface area (Å²) in [6.07, 6.45) is 0. The molecule has 0 spiro atoms. The summed E-state index contributed by atoms with van der Waals surface area (Å²) in [5, 5.41) is 0. The molecule has 7 nitrogen and oxygen atoms in total. The molecule has 0 aromatic rings. The second kappa shape index (κ2) is 62.5. The van der Waals surface area contributed by atoms with Gasteiger partial charge < -0.3 is 52.3 Å². The van der Waals surface area contributed by atoms with Crippen LogP contribution in [0.4, 0.5) is 0 Å². The van der Waals surface area contributed by atoms with E-state index >= 15 is 0 Å². The first-order valence-electron chi connectivity index (χ1n) is 3.62. The molecule has 9 heteroatoms. The fourth-order valence-corrected chi connectivity index (χ4v) is 0. The number of hydrogen-bond acceptors (Lipinski definition) is 0. The van der Waals surface area contributed by atoms with Crippen LogP contribution in [0.3, 0.4) is 0 Å². The SMILES string of the molecule is O.[Cl-].[Co].[NH-]CC[NH-].[NH-]CC[NH-].[NH-]CC[NH-]. The predicted octanol–water partition coefficient (Wildman–Crippen LogP) is -0.551. The van der Waals surface area contributed by atoms with Gasteiger partial charge in [0, 0.05) is 16.8 Å². The summed E-state index contributed by atoms with van der Waals surface area (Å²) in [7, 11) is 0. The molecular weight excluding hydrogens is 266 g/mol. The van der Waals surface area contributed by atoms with E-state index in [4.69, 9.17) is 34.4 Å². The Morgan fingerprint density at radius 3 is 0.533 bits per heavy atom. The van der Waals surface area contributed by atoms with E-state index in [1.807, 2.05) is 0 Å². The quantitative estimate of drug-likeness (QED) is 0.647. The van der Waals surface area contributed by atoms with Gasteiger partial charge in [-0.2, -0.15) is 39.3 Å². The van der Waals surface area contributed by atoms with Gasteiger partial charge in [-0.3, -0.25) is 0 Å². The third kappa shape index (κ3) is 184. The Balaban J connectivity index is -0.0000000184. The second-order valence-corrected chi connectivity index (χ2v) is 1.50. The summed E-state index contributed by atoms with van der Waals surface area (Å²) in [6.45, 7) is 1.42. The average Bonchev–Trinajstić information content (AvgIpc) is 2.18. The molecule has 15 heavy (non-hydrogen) atoms. The number of rotatable bonds is 3. The molecule has 0 saturated heterocycles. The van der Waals surface area contributed by atoms with E-state index in [1.165, 1.54) is 0 Å². The number of nitrogens with one attached hydrogen (secondary N) is 6. The molecule has 1 radical (unpaired) electrons. The second-order valence-electron chi connectivity index (χ2n) is 1.50. The molecule has 0 saturated carbocycles. The van der Waals surface area contributed by atoms with E-state index < -0.39 is 0 Å². The minimum atomic E-state index is 0. The maximum absolute atomic E-state index is 6.26. The third-order valence-electron chi connectivity index (χ3n) is 0.375. The Morgan fingerprint density at radius 2 is 0.533 bits per heavy atom. The largest absolute Gasteiger partial charge is 1.00 e. The Kier molecular flexibility index (Phi) is 150. The first kappa shape index (κ1) is 36.1. The maximum Gasteiger partial charge on any atom is 0 e. The summed E-state index contributed by atoms with van der Waals surface area (Å²) in [4.78, 5) is 0. The van der Waals surface area contributed by atoms with E-state index in [1.54, 1.807) is 0 Å². The molecule has 0 aliphatic carbocycles. The zero-order chi connectivity index (χ0) is 10.2. The fourth-order valence-electron chi connectivity index (χ4n) is 0. The van der Waals surface area contributed by atoms with Gasteiger partial charge in [0.15, 0.2) is 0 Å². The summed E-state index contributed by atoms with van der Waals surface area (Å²) in [5.74, 6) is 0. The molecule has 0 amide bonds. The van der Waals surface area contributed by atoms with Crippen LogP contribution in [-0.4, -0.2) is 44.7 Å². The van der Waals surface area contributed by atoms with Gasteiger partial charge in [0.1, 0.15) is 0 Å². The van der Waals surface area contributed by atoms with Gasteiger partial charge in [0.25, 0.3) is 0 Å². The van der Waals surface area contributed by atoms with Gasteiger partial charge in [0.2, 0.25) is 0 Å². The zero-order valence-electron chi connectivity index (χ0n) is 8.45. The van der Waals surface area contributed by atoms with E-state index in [0.29, 0.717) is 0 Å². The number of halogens is 1. The molecule has 0 aliphatic heterocycles. The van der Waals surface area contributed by atoms with Gasteiger partial charge >= 0.3 is 0 Å². The molecule has 0 unspecified atom stereocenters. The molecule has 0 fully saturated rings. The molecular formula is C6H20ClCoN6O-7. The molecule has 0 heterocycles. The van der Waals surface area contributed by atoms with Crippen LogP contribution in [-0.2, 0) is 16.8 Å². The van der Waals surface area contributed by atoms with Crippen molar-refractivity contribution in [2.24, 2.45) is 0 Å². The van der Waals surface area contributed by atoms with Gasteiger partial charge in [0.05, 0.1) is 0 Å². The van der Waals surface area contributed by atoms with Crippen molar-refractivity contribution < 1.29 is 34.7 Å². The maximum atomic E-state index is 6.26. The van der Waals surface area contributed by atoms with Crippen LogP contribution >= 0.6 is 0 Å². The Bertz CT molecular complexity index is 43.1. The molecule has 103 valence electrons. The Morgan fingerprint density at radius 1 is 0.467 bits per heavy atom. The standard InChI is InChI=1S/3C2H6N2.ClH.Co.H2O/c3*3-1-2-4;;;/h3*3-4H,1-2H2;1H;;1H2/q3*-2;;;/p-1. The third-order valence-corrected chi connectivity index (χ3v) is 0.375. The zero-order valence-corrected chi connectivity index (χ0v) is 10.3. The molecule has 0 aromatic carbocycles.